The number of phenols is 1. The number of pyridine rings is 1. The SMILES string of the molecule is Cc1nccc2[nH]c(-c3ccc(Cc4cc(O)ccc4OCC(C)C)o3)nc12. The van der Waals surface area contributed by atoms with Crippen molar-refractivity contribution in [2.24, 2.45) is 5.92 Å². The summed E-state index contributed by atoms with van der Waals surface area (Å²) in [5.74, 6) is 3.49. The van der Waals surface area contributed by atoms with Gasteiger partial charge in [0.05, 0.1) is 17.8 Å². The molecule has 0 amide bonds. The van der Waals surface area contributed by atoms with Crippen molar-refractivity contribution in [1.29, 1.82) is 0 Å². The molecule has 0 aliphatic rings. The minimum atomic E-state index is 0.207. The van der Waals surface area contributed by atoms with Gasteiger partial charge < -0.3 is 19.2 Å². The number of nitrogens with one attached hydrogen (secondary N) is 1. The molecule has 4 aromatic rings. The molecule has 144 valence electrons. The number of aromatic hydroxyl groups is 1. The lowest BCUT2D eigenvalue weighted by Gasteiger charge is -2.13. The highest BCUT2D eigenvalue weighted by molar-refractivity contribution is 5.80. The van der Waals surface area contributed by atoms with Gasteiger partial charge in [-0.25, -0.2) is 4.98 Å². The zero-order chi connectivity index (χ0) is 19.7. The summed E-state index contributed by atoms with van der Waals surface area (Å²) in [6.45, 7) is 6.75. The molecule has 0 fully saturated rings. The van der Waals surface area contributed by atoms with Crippen molar-refractivity contribution in [2.75, 3.05) is 6.61 Å². The Bertz CT molecular complexity index is 1110. The molecule has 3 heterocycles. The number of hydrogen-bond acceptors (Lipinski definition) is 5. The molecule has 6 heteroatoms. The van der Waals surface area contributed by atoms with Gasteiger partial charge in [-0.1, -0.05) is 13.8 Å². The van der Waals surface area contributed by atoms with Crippen LogP contribution >= 0.6 is 0 Å². The van der Waals surface area contributed by atoms with Gasteiger partial charge in [0, 0.05) is 18.2 Å². The van der Waals surface area contributed by atoms with Crippen molar-refractivity contribution >= 4 is 11.0 Å². The number of aromatic nitrogens is 3. The molecule has 28 heavy (non-hydrogen) atoms. The average Bonchev–Trinajstić information content (AvgIpc) is 3.28. The molecule has 0 saturated carbocycles. The zero-order valence-electron chi connectivity index (χ0n) is 16.2. The number of hydrogen-bond donors (Lipinski definition) is 2. The predicted octanol–water partition coefficient (Wildman–Crippen LogP) is 4.86. The third-order valence-electron chi connectivity index (χ3n) is 4.46. The number of benzene rings is 1. The van der Waals surface area contributed by atoms with Crippen LogP contribution in [0.2, 0.25) is 0 Å². The Labute approximate surface area is 163 Å². The van der Waals surface area contributed by atoms with Gasteiger partial charge in [-0.15, -0.1) is 0 Å². The van der Waals surface area contributed by atoms with Gasteiger partial charge in [0.25, 0.3) is 0 Å². The number of ether oxygens (including phenoxy) is 1. The fourth-order valence-corrected chi connectivity index (χ4v) is 3.07. The van der Waals surface area contributed by atoms with Crippen molar-refractivity contribution in [3.05, 3.63) is 59.6 Å². The van der Waals surface area contributed by atoms with Crippen molar-refractivity contribution < 1.29 is 14.3 Å². The van der Waals surface area contributed by atoms with E-state index in [-0.39, 0.29) is 5.75 Å². The number of H-pyrrole nitrogens is 1. The Morgan fingerprint density at radius 1 is 1.18 bits per heavy atom. The zero-order valence-corrected chi connectivity index (χ0v) is 16.2. The number of rotatable bonds is 6. The Kier molecular flexibility index (Phi) is 4.77. The highest BCUT2D eigenvalue weighted by Gasteiger charge is 2.14. The molecule has 6 nitrogen and oxygen atoms in total. The van der Waals surface area contributed by atoms with Gasteiger partial charge in [0.15, 0.2) is 11.6 Å². The number of aromatic amines is 1. The molecule has 4 rings (SSSR count). The highest BCUT2D eigenvalue weighted by atomic mass is 16.5. The van der Waals surface area contributed by atoms with E-state index < -0.39 is 0 Å². The van der Waals surface area contributed by atoms with Gasteiger partial charge in [-0.3, -0.25) is 4.98 Å². The number of phenolic OH excluding ortho intramolecular Hbond substituents is 1. The first-order chi connectivity index (χ1) is 13.5. The summed E-state index contributed by atoms with van der Waals surface area (Å²) in [7, 11) is 0. The number of fused-ring (bicyclic) bond motifs is 1. The normalized spacial score (nSPS) is 11.4. The monoisotopic (exact) mass is 377 g/mol. The van der Waals surface area contributed by atoms with Gasteiger partial charge in [0.1, 0.15) is 22.8 Å². The van der Waals surface area contributed by atoms with Crippen molar-refractivity contribution in [3.63, 3.8) is 0 Å². The molecule has 0 atom stereocenters. The lowest BCUT2D eigenvalue weighted by atomic mass is 10.1. The summed E-state index contributed by atoms with van der Waals surface area (Å²) in [5, 5.41) is 9.88. The van der Waals surface area contributed by atoms with Crippen molar-refractivity contribution in [3.8, 4) is 23.1 Å². The van der Waals surface area contributed by atoms with Crippen molar-refractivity contribution in [2.45, 2.75) is 27.2 Å². The van der Waals surface area contributed by atoms with Crippen molar-refractivity contribution in [1.82, 2.24) is 15.0 Å². The van der Waals surface area contributed by atoms with E-state index in [1.54, 1.807) is 24.4 Å². The fraction of sp³-hybridized carbons (Fsp3) is 0.273. The molecule has 0 spiro atoms. The second-order valence-electron chi connectivity index (χ2n) is 7.32. The molecule has 0 aliphatic heterocycles. The van der Waals surface area contributed by atoms with Crippen LogP contribution in [0.1, 0.15) is 30.9 Å². The topological polar surface area (TPSA) is 84.2 Å². The van der Waals surface area contributed by atoms with E-state index in [0.717, 1.165) is 33.8 Å². The summed E-state index contributed by atoms with van der Waals surface area (Å²) in [6.07, 6.45) is 2.27. The summed E-state index contributed by atoms with van der Waals surface area (Å²) >= 11 is 0. The molecular weight excluding hydrogens is 354 g/mol. The first-order valence-electron chi connectivity index (χ1n) is 9.34. The molecule has 0 radical (unpaired) electrons. The van der Waals surface area contributed by atoms with Crippen LogP contribution in [0.5, 0.6) is 11.5 Å². The summed E-state index contributed by atoms with van der Waals surface area (Å²) in [4.78, 5) is 12.2. The minimum absolute atomic E-state index is 0.207. The van der Waals surface area contributed by atoms with Gasteiger partial charge in [-0.2, -0.15) is 0 Å². The summed E-state index contributed by atoms with van der Waals surface area (Å²) in [6, 6.07) is 10.9. The van der Waals surface area contributed by atoms with E-state index in [1.807, 2.05) is 25.1 Å². The van der Waals surface area contributed by atoms with Gasteiger partial charge >= 0.3 is 0 Å². The average molecular weight is 377 g/mol. The second-order valence-corrected chi connectivity index (χ2v) is 7.32. The van der Waals surface area contributed by atoms with Gasteiger partial charge in [-0.05, 0) is 49.2 Å². The largest absolute Gasteiger partial charge is 0.508 e. The minimum Gasteiger partial charge on any atom is -0.508 e. The van der Waals surface area contributed by atoms with E-state index in [9.17, 15) is 5.11 Å². The molecule has 2 N–H and O–H groups in total. The fourth-order valence-electron chi connectivity index (χ4n) is 3.07. The van der Waals surface area contributed by atoms with Crippen LogP contribution in [-0.2, 0) is 6.42 Å². The van der Waals surface area contributed by atoms with Crippen LogP contribution in [0.25, 0.3) is 22.6 Å². The second kappa shape index (κ2) is 7.38. The molecule has 0 aliphatic carbocycles. The van der Waals surface area contributed by atoms with Crippen LogP contribution in [0.4, 0.5) is 0 Å². The Morgan fingerprint density at radius 3 is 2.82 bits per heavy atom. The number of nitrogens with zero attached hydrogens (tertiary/aromatic N) is 2. The van der Waals surface area contributed by atoms with Crippen LogP contribution in [0.15, 0.2) is 47.0 Å². The predicted molar refractivity (Wildman–Crippen MR) is 108 cm³/mol. The third kappa shape index (κ3) is 3.71. The molecule has 0 unspecified atom stereocenters. The Balaban J connectivity index is 1.59. The van der Waals surface area contributed by atoms with E-state index in [1.165, 1.54) is 0 Å². The van der Waals surface area contributed by atoms with E-state index in [0.29, 0.717) is 30.5 Å². The van der Waals surface area contributed by atoms with Crippen LogP contribution in [0.3, 0.4) is 0 Å². The van der Waals surface area contributed by atoms with Gasteiger partial charge in [0.2, 0.25) is 0 Å². The smallest absolute Gasteiger partial charge is 0.174 e. The maximum Gasteiger partial charge on any atom is 0.174 e. The molecule has 1 aromatic carbocycles. The standard InChI is InChI=1S/C22H23N3O3/c1-13(2)12-27-19-6-4-16(26)10-15(19)11-17-5-7-20(28-17)22-24-18-8-9-23-14(3)21(18)25-22/h4-10,13,26H,11-12H2,1-3H3,(H,24,25). The van der Waals surface area contributed by atoms with E-state index in [4.69, 9.17) is 9.15 Å². The highest BCUT2D eigenvalue weighted by Crippen LogP contribution is 2.29. The van der Waals surface area contributed by atoms with E-state index >= 15 is 0 Å². The maximum absolute atomic E-state index is 9.88. The molecular formula is C22H23N3O3. The lowest BCUT2D eigenvalue weighted by molar-refractivity contribution is 0.268. The first kappa shape index (κ1) is 18.1. The Hall–Kier alpha value is -3.28. The third-order valence-corrected chi connectivity index (χ3v) is 4.46. The maximum atomic E-state index is 9.88. The molecule has 0 saturated heterocycles. The van der Waals surface area contributed by atoms with Crippen LogP contribution in [-0.4, -0.2) is 26.7 Å². The summed E-state index contributed by atoms with van der Waals surface area (Å²) in [5.41, 5.74) is 3.52. The quantitative estimate of drug-likeness (QED) is 0.501. The molecule has 3 aromatic heterocycles. The first-order valence-corrected chi connectivity index (χ1v) is 9.34. The summed E-state index contributed by atoms with van der Waals surface area (Å²) < 4.78 is 11.9. The van der Waals surface area contributed by atoms with E-state index in [2.05, 4.69) is 28.8 Å². The number of furan rings is 1. The lowest BCUT2D eigenvalue weighted by Crippen LogP contribution is -2.06. The number of imidazole rings is 1. The van der Waals surface area contributed by atoms with Crippen LogP contribution < -0.4 is 4.74 Å². The number of aryl methyl sites for hydroxylation is 1. The Morgan fingerprint density at radius 2 is 2.04 bits per heavy atom. The molecule has 0 bridgehead atoms. The van der Waals surface area contributed by atoms with Crippen LogP contribution in [0, 0.1) is 12.8 Å².